The maximum atomic E-state index is 14.2. The van der Waals surface area contributed by atoms with Crippen molar-refractivity contribution >= 4 is 23.8 Å². The Balaban J connectivity index is 0.943. The molecule has 62 heavy (non-hydrogen) atoms. The summed E-state index contributed by atoms with van der Waals surface area (Å²) >= 11 is 0. The Morgan fingerprint density at radius 2 is 1.27 bits per heavy atom. The largest absolute Gasteiger partial charge is 0.453 e. The average molecular weight is 841 g/mol. The first kappa shape index (κ1) is 42.4. The van der Waals surface area contributed by atoms with Gasteiger partial charge in [-0.1, -0.05) is 99.6 Å². The van der Waals surface area contributed by atoms with Crippen LogP contribution in [0.5, 0.6) is 0 Å². The van der Waals surface area contributed by atoms with E-state index in [9.17, 15) is 19.2 Å². The first-order valence-electron chi connectivity index (χ1n) is 21.6. The van der Waals surface area contributed by atoms with Gasteiger partial charge in [-0.2, -0.15) is 0 Å². The topological polar surface area (TPSA) is 175 Å². The molecular weight excluding hydrogens is 785 g/mol. The van der Waals surface area contributed by atoms with Gasteiger partial charge in [0.25, 0.3) is 0 Å². The highest BCUT2D eigenvalue weighted by atomic mass is 16.5. The summed E-state index contributed by atoms with van der Waals surface area (Å²) in [6, 6.07) is 24.0. The molecule has 14 nitrogen and oxygen atoms in total. The summed E-state index contributed by atoms with van der Waals surface area (Å²) in [7, 11) is 2.94. The molecule has 2 saturated heterocycles. The van der Waals surface area contributed by atoms with Gasteiger partial charge in [-0.25, -0.2) is 14.8 Å². The third-order valence-electron chi connectivity index (χ3n) is 12.4. The van der Waals surface area contributed by atoms with E-state index in [0.29, 0.717) is 31.9 Å². The number of aromatic nitrogens is 4. The van der Waals surface area contributed by atoms with Crippen LogP contribution in [0, 0.1) is 23.7 Å². The minimum Gasteiger partial charge on any atom is -0.453 e. The smallest absolute Gasteiger partial charge is 0.407 e. The van der Waals surface area contributed by atoms with Gasteiger partial charge >= 0.3 is 6.09 Å². The molecule has 4 heterocycles. The van der Waals surface area contributed by atoms with E-state index in [-0.39, 0.29) is 53.5 Å². The summed E-state index contributed by atoms with van der Waals surface area (Å²) in [6.07, 6.45) is 6.16. The van der Waals surface area contributed by atoms with Gasteiger partial charge in [0.15, 0.2) is 0 Å². The van der Waals surface area contributed by atoms with E-state index < -0.39 is 18.2 Å². The fraction of sp³-hybridized carbons (Fsp3) is 0.417. The number of methoxy groups -OCH3 is 2. The first-order chi connectivity index (χ1) is 30.0. The molecule has 2 aliphatic heterocycles. The number of aromatic amines is 2. The number of carbonyl (C=O) groups excluding carboxylic acids is 4. The van der Waals surface area contributed by atoms with Crippen molar-refractivity contribution in [2.45, 2.75) is 70.6 Å². The van der Waals surface area contributed by atoms with Crippen molar-refractivity contribution in [2.24, 2.45) is 23.7 Å². The lowest BCUT2D eigenvalue weighted by atomic mass is 10.0. The maximum Gasteiger partial charge on any atom is 0.407 e. The second-order valence-electron chi connectivity index (χ2n) is 17.4. The van der Waals surface area contributed by atoms with Crippen molar-refractivity contribution in [2.75, 3.05) is 33.9 Å². The molecule has 4 amide bonds. The Bertz CT molecular complexity index is 2360. The van der Waals surface area contributed by atoms with Crippen molar-refractivity contribution in [3.8, 4) is 33.6 Å². The van der Waals surface area contributed by atoms with Crippen LogP contribution < -0.4 is 10.6 Å². The third-order valence-corrected chi connectivity index (χ3v) is 12.4. The summed E-state index contributed by atoms with van der Waals surface area (Å²) in [4.78, 5) is 73.3. The predicted molar refractivity (Wildman–Crippen MR) is 234 cm³/mol. The molecule has 6 unspecified atom stereocenters. The van der Waals surface area contributed by atoms with Crippen LogP contribution in [0.4, 0.5) is 4.79 Å². The van der Waals surface area contributed by atoms with Gasteiger partial charge in [0.1, 0.15) is 23.7 Å². The third kappa shape index (κ3) is 9.15. The van der Waals surface area contributed by atoms with Crippen LogP contribution in [0.2, 0.25) is 0 Å². The van der Waals surface area contributed by atoms with Crippen LogP contribution in [-0.4, -0.2) is 93.5 Å². The average Bonchev–Trinajstić information content (AvgIpc) is 3.61. The van der Waals surface area contributed by atoms with Gasteiger partial charge in [0.05, 0.1) is 49.6 Å². The van der Waals surface area contributed by atoms with Crippen molar-refractivity contribution < 1.29 is 28.7 Å². The van der Waals surface area contributed by atoms with Crippen LogP contribution >= 0.6 is 0 Å². The van der Waals surface area contributed by atoms with Crippen molar-refractivity contribution in [3.63, 3.8) is 0 Å². The van der Waals surface area contributed by atoms with E-state index >= 15 is 0 Å². The van der Waals surface area contributed by atoms with E-state index in [1.807, 2.05) is 55.3 Å². The molecule has 0 spiro atoms. The predicted octanol–water partition coefficient (Wildman–Crippen LogP) is 7.23. The van der Waals surface area contributed by atoms with Crippen molar-refractivity contribution in [1.82, 2.24) is 40.4 Å². The number of H-pyrrole nitrogens is 2. The van der Waals surface area contributed by atoms with Crippen LogP contribution in [0.1, 0.15) is 81.8 Å². The number of carbonyl (C=O) groups is 4. The van der Waals surface area contributed by atoms with Crippen molar-refractivity contribution in [1.29, 1.82) is 0 Å². The number of nitrogens with one attached hydrogen (secondary N) is 4. The molecular formula is C48H56N8O6. The van der Waals surface area contributed by atoms with E-state index in [1.165, 1.54) is 7.11 Å². The minimum atomic E-state index is -0.749. The maximum absolute atomic E-state index is 14.2. The molecule has 1 aliphatic carbocycles. The second-order valence-corrected chi connectivity index (χ2v) is 17.4. The lowest BCUT2D eigenvalue weighted by Crippen LogP contribution is -2.51. The first-order valence-corrected chi connectivity index (χ1v) is 21.6. The highest BCUT2D eigenvalue weighted by Gasteiger charge is 2.43. The SMILES string of the molecule is COCC1CC(c2ncc(-c3ccc(-c4ccc(-c5cnc(C6CC(C)CN6C(=O)C(NC(=O)C6CC6)c6ccccc6)[nH]5)cc4)cc3)[nH]2)N(C(=O)C(NC(=O)OC)C(C)C)C1. The highest BCUT2D eigenvalue weighted by molar-refractivity contribution is 5.91. The number of amides is 4. The van der Waals surface area contributed by atoms with Crippen LogP contribution in [0.15, 0.2) is 91.3 Å². The van der Waals surface area contributed by atoms with E-state index in [2.05, 4.69) is 76.1 Å². The minimum absolute atomic E-state index is 0.00894. The molecule has 0 radical (unpaired) electrons. The molecule has 14 heteroatoms. The van der Waals surface area contributed by atoms with Gasteiger partial charge in [0.2, 0.25) is 17.7 Å². The quantitative estimate of drug-likeness (QED) is 0.0907. The molecule has 4 N–H and O–H groups in total. The molecule has 3 aromatic carbocycles. The number of alkyl carbamates (subject to hydrolysis) is 1. The summed E-state index contributed by atoms with van der Waals surface area (Å²) in [6.45, 7) is 7.52. The molecule has 324 valence electrons. The number of benzene rings is 3. The normalized spacial score (nSPS) is 20.9. The number of nitrogens with zero attached hydrogens (tertiary/aromatic N) is 4. The van der Waals surface area contributed by atoms with Crippen molar-refractivity contribution in [3.05, 3.63) is 108 Å². The highest BCUT2D eigenvalue weighted by Crippen LogP contribution is 2.39. The number of hydrogen-bond donors (Lipinski definition) is 4. The molecule has 3 aliphatic rings. The number of likely N-dealkylation sites (tertiary alicyclic amines) is 2. The zero-order chi connectivity index (χ0) is 43.5. The summed E-state index contributed by atoms with van der Waals surface area (Å²) in [5, 5.41) is 5.77. The number of imidazole rings is 2. The van der Waals surface area contributed by atoms with Crippen LogP contribution in [0.3, 0.4) is 0 Å². The van der Waals surface area contributed by atoms with E-state index in [0.717, 1.165) is 64.3 Å². The van der Waals surface area contributed by atoms with E-state index in [1.54, 1.807) is 18.2 Å². The molecule has 6 atom stereocenters. The summed E-state index contributed by atoms with van der Waals surface area (Å²) in [5.41, 5.74) is 6.51. The summed E-state index contributed by atoms with van der Waals surface area (Å²) < 4.78 is 10.3. The van der Waals surface area contributed by atoms with Gasteiger partial charge in [0, 0.05) is 32.0 Å². The monoisotopic (exact) mass is 840 g/mol. The van der Waals surface area contributed by atoms with Gasteiger partial charge in [-0.15, -0.1) is 0 Å². The fourth-order valence-corrected chi connectivity index (χ4v) is 8.90. The second kappa shape index (κ2) is 18.4. The number of ether oxygens (including phenoxy) is 2. The van der Waals surface area contributed by atoms with Crippen LogP contribution in [-0.2, 0) is 23.9 Å². The Hall–Kier alpha value is -6.28. The molecule has 3 fully saturated rings. The zero-order valence-electron chi connectivity index (χ0n) is 36.0. The number of hydrogen-bond acceptors (Lipinski definition) is 8. The lowest BCUT2D eigenvalue weighted by molar-refractivity contribution is -0.138. The van der Waals surface area contributed by atoms with Gasteiger partial charge < -0.3 is 39.9 Å². The van der Waals surface area contributed by atoms with Gasteiger partial charge in [-0.05, 0) is 65.3 Å². The Morgan fingerprint density at radius 1 is 0.726 bits per heavy atom. The molecule has 8 rings (SSSR count). The fourth-order valence-electron chi connectivity index (χ4n) is 8.90. The summed E-state index contributed by atoms with van der Waals surface area (Å²) in [5.74, 6) is 1.31. The Morgan fingerprint density at radius 3 is 1.81 bits per heavy atom. The number of rotatable bonds is 14. The van der Waals surface area contributed by atoms with Crippen LogP contribution in [0.25, 0.3) is 33.6 Å². The molecule has 5 aromatic rings. The Labute approximate surface area is 362 Å². The zero-order valence-corrected chi connectivity index (χ0v) is 36.0. The molecule has 2 aromatic heterocycles. The Kier molecular flexibility index (Phi) is 12.6. The standard InChI is InChI=1S/C48H56N8O6/c1-28(2)41(54-48(60)62-5)46(58)56-26-30(27-61-4)22-40(56)44-50-24-38(52-44)34-17-13-32(14-18-34)31-11-15-33(16-12-31)37-23-49-43(51-37)39-21-29(3)25-55(39)47(59)42(35-9-7-6-8-10-35)53-45(57)36-19-20-36/h6-18,23-24,28-30,36,39-42H,19-22,25-27H2,1-5H3,(H,49,51)(H,50,52)(H,53,57)(H,54,60). The lowest BCUT2D eigenvalue weighted by Gasteiger charge is -2.30. The molecule has 0 bridgehead atoms. The van der Waals surface area contributed by atoms with Gasteiger partial charge in [-0.3, -0.25) is 14.4 Å². The van der Waals surface area contributed by atoms with E-state index in [4.69, 9.17) is 19.4 Å². The molecule has 1 saturated carbocycles.